The molecule has 0 aliphatic rings. The number of nitrogens with zero attached hydrogens (tertiary/aromatic N) is 2. The first kappa shape index (κ1) is 12.2. The van der Waals surface area contributed by atoms with Crippen molar-refractivity contribution in [1.29, 1.82) is 0 Å². The summed E-state index contributed by atoms with van der Waals surface area (Å²) in [5.41, 5.74) is 1.08. The van der Waals surface area contributed by atoms with E-state index in [1.54, 1.807) is 6.20 Å². The molecular formula is C10H19N3O2. The molecule has 1 unspecified atom stereocenters. The van der Waals surface area contributed by atoms with Gasteiger partial charge in [0.2, 0.25) is 0 Å². The van der Waals surface area contributed by atoms with Crippen molar-refractivity contribution in [3.05, 3.63) is 18.0 Å². The summed E-state index contributed by atoms with van der Waals surface area (Å²) in [5.74, 6) is 0. The van der Waals surface area contributed by atoms with Crippen molar-refractivity contribution in [2.24, 2.45) is 0 Å². The van der Waals surface area contributed by atoms with E-state index in [0.717, 1.165) is 5.56 Å². The summed E-state index contributed by atoms with van der Waals surface area (Å²) in [5, 5.41) is 24.9. The van der Waals surface area contributed by atoms with Crippen LogP contribution in [0.2, 0.25) is 0 Å². The Balaban J connectivity index is 2.31. The van der Waals surface area contributed by atoms with Crippen LogP contribution in [0.3, 0.4) is 0 Å². The monoisotopic (exact) mass is 213 g/mol. The highest BCUT2D eigenvalue weighted by molar-refractivity contribution is 5.03. The van der Waals surface area contributed by atoms with Gasteiger partial charge in [-0.2, -0.15) is 5.10 Å². The van der Waals surface area contributed by atoms with Crippen molar-refractivity contribution in [3.8, 4) is 0 Å². The van der Waals surface area contributed by atoms with Gasteiger partial charge in [0.05, 0.1) is 18.9 Å². The molecule has 0 aliphatic carbocycles. The lowest BCUT2D eigenvalue weighted by atomic mass is 10.3. The highest BCUT2D eigenvalue weighted by atomic mass is 16.3. The van der Waals surface area contributed by atoms with Gasteiger partial charge in [0.15, 0.2) is 0 Å². The zero-order valence-electron chi connectivity index (χ0n) is 9.22. The predicted octanol–water partition coefficient (Wildman–Crippen LogP) is -0.0932. The first-order chi connectivity index (χ1) is 7.13. The van der Waals surface area contributed by atoms with Crippen molar-refractivity contribution in [1.82, 2.24) is 15.1 Å². The van der Waals surface area contributed by atoms with E-state index in [0.29, 0.717) is 19.1 Å². The lowest BCUT2D eigenvalue weighted by Gasteiger charge is -2.07. The second-order valence-corrected chi connectivity index (χ2v) is 3.89. The zero-order valence-corrected chi connectivity index (χ0v) is 9.22. The molecule has 0 saturated carbocycles. The van der Waals surface area contributed by atoms with Gasteiger partial charge in [-0.15, -0.1) is 0 Å². The van der Waals surface area contributed by atoms with Crippen LogP contribution < -0.4 is 5.32 Å². The Morgan fingerprint density at radius 3 is 2.80 bits per heavy atom. The molecular weight excluding hydrogens is 194 g/mol. The lowest BCUT2D eigenvalue weighted by Crippen LogP contribution is -2.28. The highest BCUT2D eigenvalue weighted by Crippen LogP contribution is 2.04. The van der Waals surface area contributed by atoms with Gasteiger partial charge in [0.1, 0.15) is 0 Å². The van der Waals surface area contributed by atoms with Gasteiger partial charge in [0.25, 0.3) is 0 Å². The molecule has 5 nitrogen and oxygen atoms in total. The molecule has 0 aromatic carbocycles. The summed E-state index contributed by atoms with van der Waals surface area (Å²) in [6.07, 6.45) is 3.09. The smallest absolute Gasteiger partial charge is 0.0895 e. The molecule has 15 heavy (non-hydrogen) atoms. The molecule has 0 amide bonds. The Labute approximate surface area is 89.7 Å². The molecule has 1 aromatic heterocycles. The molecule has 1 heterocycles. The quantitative estimate of drug-likeness (QED) is 0.617. The van der Waals surface area contributed by atoms with Crippen LogP contribution in [0.15, 0.2) is 12.4 Å². The van der Waals surface area contributed by atoms with Gasteiger partial charge in [-0.25, -0.2) is 0 Å². The summed E-state index contributed by atoms with van der Waals surface area (Å²) < 4.78 is 1.89. The van der Waals surface area contributed by atoms with Gasteiger partial charge in [-0.3, -0.25) is 4.68 Å². The fraction of sp³-hybridized carbons (Fsp3) is 0.700. The van der Waals surface area contributed by atoms with Gasteiger partial charge in [-0.05, 0) is 13.8 Å². The third kappa shape index (κ3) is 3.99. The largest absolute Gasteiger partial charge is 0.394 e. The average molecular weight is 213 g/mol. The first-order valence-corrected chi connectivity index (χ1v) is 5.16. The molecule has 1 rings (SSSR count). The van der Waals surface area contributed by atoms with Crippen LogP contribution in [0.5, 0.6) is 0 Å². The number of nitrogens with one attached hydrogen (secondary N) is 1. The molecule has 0 saturated heterocycles. The van der Waals surface area contributed by atoms with Crippen LogP contribution in [0.1, 0.15) is 25.5 Å². The van der Waals surface area contributed by atoms with Crippen LogP contribution in [-0.4, -0.2) is 39.2 Å². The summed E-state index contributed by atoms with van der Waals surface area (Å²) in [6.45, 7) is 4.98. The van der Waals surface area contributed by atoms with Crippen molar-refractivity contribution >= 4 is 0 Å². The van der Waals surface area contributed by atoms with E-state index in [9.17, 15) is 0 Å². The predicted molar refractivity (Wildman–Crippen MR) is 57.4 cm³/mol. The van der Waals surface area contributed by atoms with Crippen molar-refractivity contribution in [2.45, 2.75) is 32.5 Å². The standard InChI is InChI=1S/C10H19N3O2/c1-8(2)13-6-9(4-12-13)3-11-5-10(15)7-14/h4,6,8,10-11,14-15H,3,5,7H2,1-2H3. The molecule has 1 atom stereocenters. The van der Waals surface area contributed by atoms with Crippen LogP contribution >= 0.6 is 0 Å². The lowest BCUT2D eigenvalue weighted by molar-refractivity contribution is 0.0942. The number of aromatic nitrogens is 2. The Hall–Kier alpha value is -0.910. The fourth-order valence-corrected chi connectivity index (χ4v) is 1.20. The Morgan fingerprint density at radius 2 is 2.27 bits per heavy atom. The van der Waals surface area contributed by atoms with Crippen LogP contribution in [0.25, 0.3) is 0 Å². The van der Waals surface area contributed by atoms with Gasteiger partial charge >= 0.3 is 0 Å². The minimum absolute atomic E-state index is 0.210. The number of rotatable bonds is 6. The van der Waals surface area contributed by atoms with E-state index < -0.39 is 6.10 Å². The Bertz CT molecular complexity index is 286. The van der Waals surface area contributed by atoms with E-state index in [-0.39, 0.29) is 6.61 Å². The molecule has 0 radical (unpaired) electrons. The molecule has 1 aromatic rings. The van der Waals surface area contributed by atoms with E-state index in [4.69, 9.17) is 10.2 Å². The minimum atomic E-state index is -0.690. The Morgan fingerprint density at radius 1 is 1.53 bits per heavy atom. The Kier molecular flexibility index (Phi) is 4.74. The maximum absolute atomic E-state index is 9.10. The molecule has 0 bridgehead atoms. The summed E-state index contributed by atoms with van der Waals surface area (Å²) in [7, 11) is 0. The third-order valence-electron chi connectivity index (χ3n) is 2.10. The molecule has 86 valence electrons. The number of aliphatic hydroxyl groups is 2. The fourth-order valence-electron chi connectivity index (χ4n) is 1.20. The third-order valence-corrected chi connectivity index (χ3v) is 2.10. The molecule has 0 fully saturated rings. The molecule has 0 aliphatic heterocycles. The van der Waals surface area contributed by atoms with E-state index in [1.807, 2.05) is 10.9 Å². The SMILES string of the molecule is CC(C)n1cc(CNCC(O)CO)cn1. The number of hydrogen-bond acceptors (Lipinski definition) is 4. The van der Waals surface area contributed by atoms with Crippen LogP contribution in [0.4, 0.5) is 0 Å². The normalized spacial score (nSPS) is 13.4. The zero-order chi connectivity index (χ0) is 11.3. The topological polar surface area (TPSA) is 70.3 Å². The van der Waals surface area contributed by atoms with E-state index in [1.165, 1.54) is 0 Å². The molecule has 3 N–H and O–H groups in total. The summed E-state index contributed by atoms with van der Waals surface area (Å²) in [6, 6.07) is 0.363. The van der Waals surface area contributed by atoms with Crippen LogP contribution in [-0.2, 0) is 6.54 Å². The number of hydrogen-bond donors (Lipinski definition) is 3. The van der Waals surface area contributed by atoms with E-state index >= 15 is 0 Å². The minimum Gasteiger partial charge on any atom is -0.394 e. The second-order valence-electron chi connectivity index (χ2n) is 3.89. The van der Waals surface area contributed by atoms with Crippen molar-refractivity contribution in [2.75, 3.05) is 13.2 Å². The van der Waals surface area contributed by atoms with Gasteiger partial charge in [-0.1, -0.05) is 0 Å². The maximum Gasteiger partial charge on any atom is 0.0895 e. The van der Waals surface area contributed by atoms with Gasteiger partial charge < -0.3 is 15.5 Å². The number of aliphatic hydroxyl groups excluding tert-OH is 2. The first-order valence-electron chi connectivity index (χ1n) is 5.16. The second kappa shape index (κ2) is 5.85. The van der Waals surface area contributed by atoms with E-state index in [2.05, 4.69) is 24.3 Å². The summed E-state index contributed by atoms with van der Waals surface area (Å²) >= 11 is 0. The van der Waals surface area contributed by atoms with Crippen molar-refractivity contribution < 1.29 is 10.2 Å². The maximum atomic E-state index is 9.10. The summed E-state index contributed by atoms with van der Waals surface area (Å²) in [4.78, 5) is 0. The van der Waals surface area contributed by atoms with Crippen LogP contribution in [0, 0.1) is 0 Å². The highest BCUT2D eigenvalue weighted by Gasteiger charge is 2.03. The molecule has 0 spiro atoms. The van der Waals surface area contributed by atoms with Crippen molar-refractivity contribution in [3.63, 3.8) is 0 Å². The average Bonchev–Trinajstić information content (AvgIpc) is 2.66. The van der Waals surface area contributed by atoms with Gasteiger partial charge in [0, 0.05) is 30.9 Å². The molecule has 5 heteroatoms.